The first-order valence-corrected chi connectivity index (χ1v) is 9.78. The SMILES string of the molecule is CSc1cc(OC2CCCC2)c2oc3ccc(C(=O)O)cc3c(=O)c2c1. The van der Waals surface area contributed by atoms with Crippen molar-refractivity contribution >= 4 is 39.7 Å². The maximum atomic E-state index is 13.0. The molecule has 0 saturated heterocycles. The highest BCUT2D eigenvalue weighted by molar-refractivity contribution is 7.98. The molecule has 0 unspecified atom stereocenters. The number of thioether (sulfide) groups is 1. The molecule has 4 rings (SSSR count). The minimum absolute atomic E-state index is 0.0626. The summed E-state index contributed by atoms with van der Waals surface area (Å²) in [4.78, 5) is 25.1. The zero-order valence-electron chi connectivity index (χ0n) is 14.3. The number of carboxylic acids is 1. The standard InChI is InChI=1S/C20H18O5S/c1-26-13-9-15-18(21)14-8-11(20(22)23)6-7-16(14)25-19(15)17(10-13)24-12-4-2-3-5-12/h6-10,12H,2-5H2,1H3,(H,22,23). The quantitative estimate of drug-likeness (QED) is 0.530. The summed E-state index contributed by atoms with van der Waals surface area (Å²) in [6.45, 7) is 0. The lowest BCUT2D eigenvalue weighted by atomic mass is 10.1. The highest BCUT2D eigenvalue weighted by Gasteiger charge is 2.21. The second-order valence-corrected chi connectivity index (χ2v) is 7.35. The molecule has 1 aliphatic rings. The minimum Gasteiger partial charge on any atom is -0.486 e. The number of hydrogen-bond acceptors (Lipinski definition) is 5. The van der Waals surface area contributed by atoms with E-state index in [0.29, 0.717) is 22.3 Å². The second kappa shape index (κ2) is 6.68. The molecule has 2 aromatic carbocycles. The molecule has 0 atom stereocenters. The largest absolute Gasteiger partial charge is 0.486 e. The van der Waals surface area contributed by atoms with Crippen LogP contribution < -0.4 is 10.2 Å². The summed E-state index contributed by atoms with van der Waals surface area (Å²) in [5.41, 5.74) is 0.611. The fourth-order valence-corrected chi connectivity index (χ4v) is 3.89. The first-order valence-electron chi connectivity index (χ1n) is 8.55. The van der Waals surface area contributed by atoms with Crippen molar-refractivity contribution in [3.63, 3.8) is 0 Å². The van der Waals surface area contributed by atoms with Gasteiger partial charge < -0.3 is 14.3 Å². The lowest BCUT2D eigenvalue weighted by molar-refractivity contribution is 0.0697. The number of carbonyl (C=O) groups is 1. The van der Waals surface area contributed by atoms with Gasteiger partial charge >= 0.3 is 5.97 Å². The van der Waals surface area contributed by atoms with Crippen LogP contribution in [0.15, 0.2) is 44.4 Å². The van der Waals surface area contributed by atoms with E-state index in [1.54, 1.807) is 6.07 Å². The van der Waals surface area contributed by atoms with Gasteiger partial charge in [0.25, 0.3) is 0 Å². The third kappa shape index (κ3) is 2.94. The molecule has 1 saturated carbocycles. The van der Waals surface area contributed by atoms with Crippen LogP contribution in [-0.2, 0) is 0 Å². The van der Waals surface area contributed by atoms with Crippen LogP contribution in [0.4, 0.5) is 0 Å². The van der Waals surface area contributed by atoms with Gasteiger partial charge in [0.05, 0.1) is 22.4 Å². The third-order valence-electron chi connectivity index (χ3n) is 4.79. The average molecular weight is 370 g/mol. The summed E-state index contributed by atoms with van der Waals surface area (Å²) < 4.78 is 12.1. The Kier molecular flexibility index (Phi) is 4.36. The van der Waals surface area contributed by atoms with Crippen LogP contribution >= 0.6 is 11.8 Å². The molecule has 1 N–H and O–H groups in total. The van der Waals surface area contributed by atoms with Crippen molar-refractivity contribution in [3.8, 4) is 5.75 Å². The lowest BCUT2D eigenvalue weighted by Gasteiger charge is -2.15. The summed E-state index contributed by atoms with van der Waals surface area (Å²) in [6.07, 6.45) is 6.39. The summed E-state index contributed by atoms with van der Waals surface area (Å²) >= 11 is 1.52. The van der Waals surface area contributed by atoms with Crippen molar-refractivity contribution in [2.45, 2.75) is 36.7 Å². The van der Waals surface area contributed by atoms with Gasteiger partial charge in [-0.1, -0.05) is 0 Å². The zero-order valence-corrected chi connectivity index (χ0v) is 15.1. The van der Waals surface area contributed by atoms with E-state index in [2.05, 4.69) is 0 Å². The number of rotatable bonds is 4. The van der Waals surface area contributed by atoms with Gasteiger partial charge in [-0.15, -0.1) is 11.8 Å². The van der Waals surface area contributed by atoms with Crippen LogP contribution in [0.2, 0.25) is 0 Å². The van der Waals surface area contributed by atoms with Gasteiger partial charge in [0.15, 0.2) is 11.3 Å². The van der Waals surface area contributed by atoms with Crippen molar-refractivity contribution in [1.82, 2.24) is 0 Å². The molecule has 1 heterocycles. The molecular formula is C20H18O5S. The lowest BCUT2D eigenvalue weighted by Crippen LogP contribution is -2.12. The van der Waals surface area contributed by atoms with E-state index in [1.807, 2.05) is 12.3 Å². The Morgan fingerprint density at radius 3 is 2.65 bits per heavy atom. The predicted octanol–water partition coefficient (Wildman–Crippen LogP) is 4.69. The van der Waals surface area contributed by atoms with Crippen LogP contribution in [0.5, 0.6) is 5.75 Å². The molecule has 0 aliphatic heterocycles. The molecule has 134 valence electrons. The van der Waals surface area contributed by atoms with E-state index < -0.39 is 5.97 Å². The van der Waals surface area contributed by atoms with Gasteiger partial charge in [0, 0.05) is 4.90 Å². The minimum atomic E-state index is -1.07. The first-order chi connectivity index (χ1) is 12.6. The molecule has 0 spiro atoms. The second-order valence-electron chi connectivity index (χ2n) is 6.47. The van der Waals surface area contributed by atoms with Crippen molar-refractivity contribution in [1.29, 1.82) is 0 Å². The summed E-state index contributed by atoms with van der Waals surface area (Å²) in [5, 5.41) is 9.86. The summed E-state index contributed by atoms with van der Waals surface area (Å²) in [6, 6.07) is 8.02. The Morgan fingerprint density at radius 2 is 1.96 bits per heavy atom. The van der Waals surface area contributed by atoms with Crippen molar-refractivity contribution in [3.05, 3.63) is 46.1 Å². The molecule has 1 aliphatic carbocycles. The highest BCUT2D eigenvalue weighted by atomic mass is 32.2. The molecule has 26 heavy (non-hydrogen) atoms. The molecule has 3 aromatic rings. The maximum absolute atomic E-state index is 13.0. The first kappa shape index (κ1) is 17.0. The Labute approximate surface area is 154 Å². The zero-order chi connectivity index (χ0) is 18.3. The molecule has 6 heteroatoms. The van der Waals surface area contributed by atoms with E-state index in [-0.39, 0.29) is 22.5 Å². The number of hydrogen-bond donors (Lipinski definition) is 1. The van der Waals surface area contributed by atoms with Crippen LogP contribution in [0.3, 0.4) is 0 Å². The number of aromatic carboxylic acids is 1. The average Bonchev–Trinajstić information content (AvgIpc) is 3.15. The van der Waals surface area contributed by atoms with Crippen LogP contribution in [0.1, 0.15) is 36.0 Å². The Hall–Kier alpha value is -2.47. The van der Waals surface area contributed by atoms with E-state index in [4.69, 9.17) is 9.15 Å². The molecule has 0 amide bonds. The molecule has 1 fully saturated rings. The van der Waals surface area contributed by atoms with Gasteiger partial charge in [-0.25, -0.2) is 4.79 Å². The molecule has 1 aromatic heterocycles. The number of fused-ring (bicyclic) bond motifs is 2. The smallest absolute Gasteiger partial charge is 0.335 e. The normalized spacial score (nSPS) is 15.0. The number of benzene rings is 2. The summed E-state index contributed by atoms with van der Waals surface area (Å²) in [7, 11) is 0. The van der Waals surface area contributed by atoms with Gasteiger partial charge in [-0.2, -0.15) is 0 Å². The maximum Gasteiger partial charge on any atom is 0.335 e. The molecule has 5 nitrogen and oxygen atoms in total. The van der Waals surface area contributed by atoms with E-state index >= 15 is 0 Å². The van der Waals surface area contributed by atoms with Gasteiger partial charge in [-0.05, 0) is 62.3 Å². The summed E-state index contributed by atoms with van der Waals surface area (Å²) in [5.74, 6) is -0.491. The van der Waals surface area contributed by atoms with Gasteiger partial charge in [0.2, 0.25) is 5.43 Å². The fraction of sp³-hybridized carbons (Fsp3) is 0.300. The van der Waals surface area contributed by atoms with E-state index in [0.717, 1.165) is 30.6 Å². The molecule has 0 bridgehead atoms. The van der Waals surface area contributed by atoms with Crippen molar-refractivity contribution < 1.29 is 19.1 Å². The Bertz CT molecular complexity index is 1060. The predicted molar refractivity (Wildman–Crippen MR) is 102 cm³/mol. The third-order valence-corrected chi connectivity index (χ3v) is 5.49. The van der Waals surface area contributed by atoms with Gasteiger partial charge in [-0.3, -0.25) is 4.79 Å². The van der Waals surface area contributed by atoms with Gasteiger partial charge in [0.1, 0.15) is 5.58 Å². The van der Waals surface area contributed by atoms with E-state index in [9.17, 15) is 14.7 Å². The molecule has 0 radical (unpaired) electrons. The molecular weight excluding hydrogens is 352 g/mol. The topological polar surface area (TPSA) is 76.7 Å². The Balaban J connectivity index is 1.96. The van der Waals surface area contributed by atoms with Crippen molar-refractivity contribution in [2.75, 3.05) is 6.26 Å². The fourth-order valence-electron chi connectivity index (χ4n) is 3.43. The monoisotopic (exact) mass is 370 g/mol. The Morgan fingerprint density at radius 1 is 1.19 bits per heavy atom. The highest BCUT2D eigenvalue weighted by Crippen LogP contribution is 2.34. The number of ether oxygens (including phenoxy) is 1. The number of carboxylic acid groups (broad SMARTS) is 1. The van der Waals surface area contributed by atoms with Crippen LogP contribution in [-0.4, -0.2) is 23.4 Å². The van der Waals surface area contributed by atoms with Crippen LogP contribution in [0.25, 0.3) is 21.9 Å². The van der Waals surface area contributed by atoms with Crippen molar-refractivity contribution in [2.24, 2.45) is 0 Å². The van der Waals surface area contributed by atoms with Crippen LogP contribution in [0, 0.1) is 0 Å². The van der Waals surface area contributed by atoms with E-state index in [1.165, 1.54) is 30.0 Å².